The second-order valence-electron chi connectivity index (χ2n) is 4.50. The molecule has 0 aliphatic carbocycles. The van der Waals surface area contributed by atoms with Crippen LogP contribution in [0.2, 0.25) is 0 Å². The Balaban J connectivity index is 1.95. The Morgan fingerprint density at radius 3 is 2.94 bits per heavy atom. The molecule has 1 unspecified atom stereocenters. The summed E-state index contributed by atoms with van der Waals surface area (Å²) in [4.78, 5) is 4.47. The van der Waals surface area contributed by atoms with Crippen LogP contribution in [0.1, 0.15) is 18.9 Å². The van der Waals surface area contributed by atoms with Crippen molar-refractivity contribution in [2.45, 2.75) is 25.1 Å². The number of thioether (sulfide) groups is 1. The summed E-state index contributed by atoms with van der Waals surface area (Å²) in [5.74, 6) is 0. The van der Waals surface area contributed by atoms with Gasteiger partial charge in [-0.05, 0) is 30.9 Å². The highest BCUT2D eigenvalue weighted by Gasteiger charge is 2.02. The Labute approximate surface area is 113 Å². The fraction of sp³-hybridized carbons (Fsp3) is 0.400. The van der Waals surface area contributed by atoms with Crippen molar-refractivity contribution in [1.29, 1.82) is 0 Å². The minimum atomic E-state index is 0.725. The predicted octanol–water partition coefficient (Wildman–Crippen LogP) is 3.47. The molecule has 0 saturated carbocycles. The van der Waals surface area contributed by atoms with Crippen LogP contribution in [0, 0.1) is 0 Å². The quantitative estimate of drug-likeness (QED) is 0.805. The Bertz CT molecular complexity index is 493. The Kier molecular flexibility index (Phi) is 5.02. The second-order valence-corrected chi connectivity index (χ2v) is 5.78. The van der Waals surface area contributed by atoms with Gasteiger partial charge >= 0.3 is 0 Å². The van der Waals surface area contributed by atoms with Gasteiger partial charge in [0.1, 0.15) is 0 Å². The summed E-state index contributed by atoms with van der Waals surface area (Å²) in [7, 11) is 0. The van der Waals surface area contributed by atoms with Gasteiger partial charge < -0.3 is 5.32 Å². The molecule has 1 heterocycles. The number of benzene rings is 1. The van der Waals surface area contributed by atoms with Crippen molar-refractivity contribution in [2.24, 2.45) is 0 Å². The van der Waals surface area contributed by atoms with Gasteiger partial charge in [-0.15, -0.1) is 0 Å². The van der Waals surface area contributed by atoms with Crippen LogP contribution in [0.3, 0.4) is 0 Å². The molecular formula is C15H20N2S. The topological polar surface area (TPSA) is 24.9 Å². The Hall–Kier alpha value is -1.06. The van der Waals surface area contributed by atoms with Crippen molar-refractivity contribution in [1.82, 2.24) is 10.3 Å². The van der Waals surface area contributed by atoms with Crippen LogP contribution < -0.4 is 5.32 Å². The maximum absolute atomic E-state index is 4.47. The van der Waals surface area contributed by atoms with E-state index in [-0.39, 0.29) is 0 Å². The molecule has 96 valence electrons. The first-order valence-electron chi connectivity index (χ1n) is 6.37. The van der Waals surface area contributed by atoms with Gasteiger partial charge in [0, 0.05) is 23.4 Å². The van der Waals surface area contributed by atoms with E-state index in [1.54, 1.807) is 0 Å². The van der Waals surface area contributed by atoms with Crippen LogP contribution in [-0.4, -0.2) is 23.0 Å². The van der Waals surface area contributed by atoms with E-state index in [0.717, 1.165) is 23.9 Å². The summed E-state index contributed by atoms with van der Waals surface area (Å²) in [5.41, 5.74) is 2.40. The van der Waals surface area contributed by atoms with Gasteiger partial charge in [0.05, 0.1) is 5.52 Å². The number of rotatable bonds is 6. The maximum atomic E-state index is 4.47. The first-order valence-corrected chi connectivity index (χ1v) is 7.66. The van der Waals surface area contributed by atoms with Crippen LogP contribution in [-0.2, 0) is 6.54 Å². The van der Waals surface area contributed by atoms with Crippen molar-refractivity contribution in [3.63, 3.8) is 0 Å². The smallest absolute Gasteiger partial charge is 0.0746 e. The van der Waals surface area contributed by atoms with Crippen molar-refractivity contribution in [3.8, 4) is 0 Å². The minimum absolute atomic E-state index is 0.725. The molecule has 2 rings (SSSR count). The number of hydrogen-bond donors (Lipinski definition) is 1. The highest BCUT2D eigenvalue weighted by Crippen LogP contribution is 2.15. The van der Waals surface area contributed by atoms with Crippen molar-refractivity contribution >= 4 is 22.7 Å². The molecule has 18 heavy (non-hydrogen) atoms. The molecule has 1 N–H and O–H groups in total. The molecule has 2 aromatic rings. The third kappa shape index (κ3) is 3.47. The van der Waals surface area contributed by atoms with E-state index in [4.69, 9.17) is 0 Å². The molecule has 2 nitrogen and oxygen atoms in total. The molecule has 0 saturated heterocycles. The van der Waals surface area contributed by atoms with Crippen LogP contribution >= 0.6 is 11.8 Å². The van der Waals surface area contributed by atoms with Gasteiger partial charge in [0.2, 0.25) is 0 Å². The molecule has 1 atom stereocenters. The zero-order valence-corrected chi connectivity index (χ0v) is 11.8. The van der Waals surface area contributed by atoms with E-state index in [2.05, 4.69) is 47.7 Å². The number of fused-ring (bicyclic) bond motifs is 1. The molecular weight excluding hydrogens is 240 g/mol. The molecule has 0 amide bonds. The van der Waals surface area contributed by atoms with Crippen molar-refractivity contribution in [3.05, 3.63) is 42.1 Å². The number of aromatic nitrogens is 1. The lowest BCUT2D eigenvalue weighted by Gasteiger charge is -2.10. The summed E-state index contributed by atoms with van der Waals surface area (Å²) in [6.45, 7) is 4.23. The zero-order chi connectivity index (χ0) is 12.8. The number of pyridine rings is 1. The Morgan fingerprint density at radius 2 is 2.11 bits per heavy atom. The van der Waals surface area contributed by atoms with Gasteiger partial charge in [0.25, 0.3) is 0 Å². The van der Waals surface area contributed by atoms with Crippen LogP contribution in [0.25, 0.3) is 10.9 Å². The lowest BCUT2D eigenvalue weighted by Crippen LogP contribution is -2.17. The first kappa shape index (κ1) is 13.4. The van der Waals surface area contributed by atoms with Crippen LogP contribution in [0.4, 0.5) is 0 Å². The van der Waals surface area contributed by atoms with Crippen LogP contribution in [0.15, 0.2) is 36.5 Å². The van der Waals surface area contributed by atoms with E-state index in [1.807, 2.05) is 24.0 Å². The van der Waals surface area contributed by atoms with E-state index in [0.29, 0.717) is 0 Å². The Morgan fingerprint density at radius 1 is 1.28 bits per heavy atom. The normalized spacial score (nSPS) is 12.8. The molecule has 0 spiro atoms. The van der Waals surface area contributed by atoms with Gasteiger partial charge in [-0.3, -0.25) is 4.98 Å². The highest BCUT2D eigenvalue weighted by molar-refractivity contribution is 7.99. The summed E-state index contributed by atoms with van der Waals surface area (Å²) in [6, 6.07) is 10.5. The van der Waals surface area contributed by atoms with Crippen molar-refractivity contribution < 1.29 is 0 Å². The summed E-state index contributed by atoms with van der Waals surface area (Å²) < 4.78 is 0. The van der Waals surface area contributed by atoms with E-state index >= 15 is 0 Å². The van der Waals surface area contributed by atoms with E-state index in [9.17, 15) is 0 Å². The molecule has 3 heteroatoms. The predicted molar refractivity (Wildman–Crippen MR) is 81.0 cm³/mol. The molecule has 0 aliphatic rings. The molecule has 1 aromatic carbocycles. The highest BCUT2D eigenvalue weighted by atomic mass is 32.2. The monoisotopic (exact) mass is 260 g/mol. The van der Waals surface area contributed by atoms with Gasteiger partial charge in [0.15, 0.2) is 0 Å². The lowest BCUT2D eigenvalue weighted by molar-refractivity contribution is 0.649. The molecule has 1 aromatic heterocycles. The van der Waals surface area contributed by atoms with Crippen molar-refractivity contribution in [2.75, 3.05) is 12.8 Å². The standard InChI is InChI=1S/C15H20N2S/c1-12(18-2)8-10-16-11-14-6-3-5-13-7-4-9-17-15(13)14/h3-7,9,12,16H,8,10-11H2,1-2H3. The third-order valence-corrected chi connectivity index (χ3v) is 4.20. The fourth-order valence-electron chi connectivity index (χ4n) is 1.96. The summed E-state index contributed by atoms with van der Waals surface area (Å²) in [6.07, 6.45) is 5.24. The molecule has 0 bridgehead atoms. The number of para-hydroxylation sites is 1. The number of hydrogen-bond acceptors (Lipinski definition) is 3. The fourth-order valence-corrected chi connectivity index (χ4v) is 2.31. The lowest BCUT2D eigenvalue weighted by atomic mass is 10.1. The molecule has 0 radical (unpaired) electrons. The van der Waals surface area contributed by atoms with E-state index < -0.39 is 0 Å². The molecule has 0 fully saturated rings. The third-order valence-electron chi connectivity index (χ3n) is 3.16. The van der Waals surface area contributed by atoms with Gasteiger partial charge in [-0.2, -0.15) is 11.8 Å². The SMILES string of the molecule is CSC(C)CCNCc1cccc2cccnc12. The van der Waals surface area contributed by atoms with E-state index in [1.165, 1.54) is 17.4 Å². The maximum Gasteiger partial charge on any atom is 0.0746 e. The average molecular weight is 260 g/mol. The number of nitrogens with one attached hydrogen (secondary N) is 1. The number of nitrogens with zero attached hydrogens (tertiary/aromatic N) is 1. The average Bonchev–Trinajstić information content (AvgIpc) is 2.43. The minimum Gasteiger partial charge on any atom is -0.313 e. The first-order chi connectivity index (χ1) is 8.81. The van der Waals surface area contributed by atoms with Crippen LogP contribution in [0.5, 0.6) is 0 Å². The molecule has 0 aliphatic heterocycles. The summed E-state index contributed by atoms with van der Waals surface area (Å²) in [5, 5.41) is 5.45. The van der Waals surface area contributed by atoms with Gasteiger partial charge in [-0.1, -0.05) is 31.2 Å². The summed E-state index contributed by atoms with van der Waals surface area (Å²) >= 11 is 1.92. The largest absolute Gasteiger partial charge is 0.313 e. The zero-order valence-electron chi connectivity index (χ0n) is 11.0. The van der Waals surface area contributed by atoms with Gasteiger partial charge in [-0.25, -0.2) is 0 Å². The second kappa shape index (κ2) is 6.76.